The minimum absolute atomic E-state index is 0.0773. The van der Waals surface area contributed by atoms with Gasteiger partial charge in [-0.2, -0.15) is 0 Å². The van der Waals surface area contributed by atoms with Crippen molar-refractivity contribution in [2.45, 2.75) is 20.8 Å². The molecular formula is C10H14O. The van der Waals surface area contributed by atoms with Gasteiger partial charge in [-0.25, -0.2) is 0 Å². The van der Waals surface area contributed by atoms with Crippen LogP contribution in [0, 0.1) is 11.3 Å². The van der Waals surface area contributed by atoms with Crippen LogP contribution < -0.4 is 0 Å². The summed E-state index contributed by atoms with van der Waals surface area (Å²) >= 11 is 0. The minimum atomic E-state index is 0.0773. The van der Waals surface area contributed by atoms with Gasteiger partial charge in [-0.05, 0) is 18.1 Å². The summed E-state index contributed by atoms with van der Waals surface area (Å²) in [6.07, 6.45) is 7.28. The fraction of sp³-hybridized carbons (Fsp3) is 0.500. The number of ketones is 1. The van der Waals surface area contributed by atoms with Gasteiger partial charge in [-0.1, -0.05) is 32.9 Å². The Labute approximate surface area is 67.8 Å². The Hall–Kier alpha value is -0.850. The Morgan fingerprint density at radius 1 is 1.27 bits per heavy atom. The molecule has 0 aromatic rings. The SMILES string of the molecule is CC(C)C1(C)C=CC(=O)C=C1. The molecule has 0 aromatic heterocycles. The first-order valence-electron chi connectivity index (χ1n) is 3.97. The summed E-state index contributed by atoms with van der Waals surface area (Å²) in [7, 11) is 0. The molecule has 0 fully saturated rings. The van der Waals surface area contributed by atoms with Crippen LogP contribution >= 0.6 is 0 Å². The number of carbonyl (C=O) groups is 1. The van der Waals surface area contributed by atoms with Gasteiger partial charge in [0.25, 0.3) is 0 Å². The Bertz CT molecular complexity index is 205. The van der Waals surface area contributed by atoms with Crippen molar-refractivity contribution in [1.82, 2.24) is 0 Å². The number of hydrogen-bond acceptors (Lipinski definition) is 1. The molecule has 0 aromatic carbocycles. The molecule has 0 bridgehead atoms. The van der Waals surface area contributed by atoms with Gasteiger partial charge in [-0.3, -0.25) is 4.79 Å². The number of rotatable bonds is 1. The zero-order valence-corrected chi connectivity index (χ0v) is 7.29. The van der Waals surface area contributed by atoms with E-state index in [1.807, 2.05) is 12.2 Å². The summed E-state index contributed by atoms with van der Waals surface area (Å²) in [5, 5.41) is 0. The first-order valence-corrected chi connectivity index (χ1v) is 3.97. The van der Waals surface area contributed by atoms with Crippen LogP contribution in [-0.2, 0) is 4.79 Å². The van der Waals surface area contributed by atoms with E-state index in [1.54, 1.807) is 12.2 Å². The second kappa shape index (κ2) is 2.65. The highest BCUT2D eigenvalue weighted by molar-refractivity contribution is 6.00. The first kappa shape index (κ1) is 8.25. The molecule has 0 atom stereocenters. The standard InChI is InChI=1S/C10H14O/c1-8(2)10(3)6-4-9(11)5-7-10/h4-8H,1-3H3. The third-order valence-electron chi connectivity index (χ3n) is 2.46. The maximum Gasteiger partial charge on any atom is 0.178 e. The highest BCUT2D eigenvalue weighted by atomic mass is 16.1. The van der Waals surface area contributed by atoms with Crippen molar-refractivity contribution < 1.29 is 4.79 Å². The summed E-state index contributed by atoms with van der Waals surface area (Å²) in [6, 6.07) is 0. The van der Waals surface area contributed by atoms with Crippen LogP contribution in [0.5, 0.6) is 0 Å². The van der Waals surface area contributed by atoms with E-state index in [2.05, 4.69) is 20.8 Å². The molecule has 0 aliphatic heterocycles. The fourth-order valence-corrected chi connectivity index (χ4v) is 1.02. The van der Waals surface area contributed by atoms with Gasteiger partial charge in [-0.15, -0.1) is 0 Å². The minimum Gasteiger partial charge on any atom is -0.290 e. The second-order valence-electron chi connectivity index (χ2n) is 3.59. The summed E-state index contributed by atoms with van der Waals surface area (Å²) in [5.41, 5.74) is 0.0773. The van der Waals surface area contributed by atoms with E-state index >= 15 is 0 Å². The Kier molecular flexibility index (Phi) is 1.99. The van der Waals surface area contributed by atoms with Gasteiger partial charge in [0.15, 0.2) is 5.78 Å². The number of hydrogen-bond donors (Lipinski definition) is 0. The Morgan fingerprint density at radius 3 is 2.09 bits per heavy atom. The zero-order chi connectivity index (χ0) is 8.48. The lowest BCUT2D eigenvalue weighted by Gasteiger charge is -2.28. The molecule has 11 heavy (non-hydrogen) atoms. The molecule has 0 saturated carbocycles. The van der Waals surface area contributed by atoms with Crippen LogP contribution in [0.3, 0.4) is 0 Å². The number of allylic oxidation sites excluding steroid dienone is 4. The maximum atomic E-state index is 10.8. The van der Waals surface area contributed by atoms with E-state index in [9.17, 15) is 4.79 Å². The van der Waals surface area contributed by atoms with Gasteiger partial charge in [0.1, 0.15) is 0 Å². The molecule has 1 heteroatoms. The topological polar surface area (TPSA) is 17.1 Å². The predicted molar refractivity (Wildman–Crippen MR) is 46.2 cm³/mol. The van der Waals surface area contributed by atoms with Crippen molar-refractivity contribution in [3.63, 3.8) is 0 Å². The lowest BCUT2D eigenvalue weighted by Crippen LogP contribution is -2.20. The molecule has 0 amide bonds. The van der Waals surface area contributed by atoms with Crippen molar-refractivity contribution >= 4 is 5.78 Å². The van der Waals surface area contributed by atoms with Crippen molar-refractivity contribution in [3.05, 3.63) is 24.3 Å². The van der Waals surface area contributed by atoms with E-state index in [0.29, 0.717) is 5.92 Å². The summed E-state index contributed by atoms with van der Waals surface area (Å²) in [6.45, 7) is 6.45. The van der Waals surface area contributed by atoms with Gasteiger partial charge in [0, 0.05) is 5.41 Å². The summed E-state index contributed by atoms with van der Waals surface area (Å²) in [5.74, 6) is 0.645. The predicted octanol–water partition coefficient (Wildman–Crippen LogP) is 2.34. The Balaban J connectivity index is 2.85. The highest BCUT2D eigenvalue weighted by Gasteiger charge is 2.24. The maximum absolute atomic E-state index is 10.8. The molecule has 1 aliphatic carbocycles. The van der Waals surface area contributed by atoms with Gasteiger partial charge >= 0.3 is 0 Å². The molecule has 1 rings (SSSR count). The third-order valence-corrected chi connectivity index (χ3v) is 2.46. The van der Waals surface area contributed by atoms with E-state index in [4.69, 9.17) is 0 Å². The lowest BCUT2D eigenvalue weighted by atomic mass is 9.76. The second-order valence-corrected chi connectivity index (χ2v) is 3.59. The molecular weight excluding hydrogens is 136 g/mol. The van der Waals surface area contributed by atoms with Crippen LogP contribution in [-0.4, -0.2) is 5.78 Å². The molecule has 0 radical (unpaired) electrons. The Morgan fingerprint density at radius 2 is 1.73 bits per heavy atom. The highest BCUT2D eigenvalue weighted by Crippen LogP contribution is 2.32. The van der Waals surface area contributed by atoms with Gasteiger partial charge in [0.2, 0.25) is 0 Å². The molecule has 1 aliphatic rings. The largest absolute Gasteiger partial charge is 0.290 e. The van der Waals surface area contributed by atoms with E-state index < -0.39 is 0 Å². The lowest BCUT2D eigenvalue weighted by molar-refractivity contribution is -0.110. The normalized spacial score (nSPS) is 21.3. The molecule has 0 spiro atoms. The molecule has 0 N–H and O–H groups in total. The molecule has 0 heterocycles. The van der Waals surface area contributed by atoms with Crippen molar-refractivity contribution in [2.24, 2.45) is 11.3 Å². The average Bonchev–Trinajstić information content (AvgIpc) is 1.95. The van der Waals surface area contributed by atoms with Crippen LogP contribution in [0.1, 0.15) is 20.8 Å². The van der Waals surface area contributed by atoms with Crippen molar-refractivity contribution in [1.29, 1.82) is 0 Å². The van der Waals surface area contributed by atoms with Gasteiger partial charge < -0.3 is 0 Å². The molecule has 0 unspecified atom stereocenters. The van der Waals surface area contributed by atoms with Gasteiger partial charge in [0.05, 0.1) is 0 Å². The molecule has 0 saturated heterocycles. The van der Waals surface area contributed by atoms with Crippen LogP contribution in [0.15, 0.2) is 24.3 Å². The zero-order valence-electron chi connectivity index (χ0n) is 7.29. The monoisotopic (exact) mass is 150 g/mol. The first-order chi connectivity index (χ1) is 5.04. The summed E-state index contributed by atoms with van der Waals surface area (Å²) < 4.78 is 0. The van der Waals surface area contributed by atoms with E-state index in [-0.39, 0.29) is 11.2 Å². The smallest absolute Gasteiger partial charge is 0.178 e. The van der Waals surface area contributed by atoms with Crippen molar-refractivity contribution in [3.8, 4) is 0 Å². The van der Waals surface area contributed by atoms with E-state index in [0.717, 1.165) is 0 Å². The molecule has 1 nitrogen and oxygen atoms in total. The third kappa shape index (κ3) is 1.59. The quantitative estimate of drug-likeness (QED) is 0.560. The fourth-order valence-electron chi connectivity index (χ4n) is 1.02. The van der Waals surface area contributed by atoms with Crippen LogP contribution in [0.2, 0.25) is 0 Å². The van der Waals surface area contributed by atoms with Crippen LogP contribution in [0.4, 0.5) is 0 Å². The van der Waals surface area contributed by atoms with Crippen LogP contribution in [0.25, 0.3) is 0 Å². The summed E-state index contributed by atoms with van der Waals surface area (Å²) in [4.78, 5) is 10.8. The van der Waals surface area contributed by atoms with Crippen molar-refractivity contribution in [2.75, 3.05) is 0 Å². The average molecular weight is 150 g/mol. The number of carbonyl (C=O) groups excluding carboxylic acids is 1. The molecule has 60 valence electrons. The van der Waals surface area contributed by atoms with E-state index in [1.165, 1.54) is 0 Å².